The summed E-state index contributed by atoms with van der Waals surface area (Å²) in [6.45, 7) is 3.34. The number of carbonyl (C=O) groups is 1. The van der Waals surface area contributed by atoms with E-state index in [2.05, 4.69) is 27.0 Å². The summed E-state index contributed by atoms with van der Waals surface area (Å²) in [5, 5.41) is 10.4. The molecule has 150 valence electrons. The Kier molecular flexibility index (Phi) is 9.53. The maximum Gasteiger partial charge on any atom is 0.321 e. The summed E-state index contributed by atoms with van der Waals surface area (Å²) in [6.07, 6.45) is 4.80. The van der Waals surface area contributed by atoms with Crippen LogP contribution in [0.25, 0.3) is 0 Å². The third-order valence-corrected chi connectivity index (χ3v) is 6.17. The topological polar surface area (TPSA) is 68.8 Å². The van der Waals surface area contributed by atoms with Gasteiger partial charge in [-0.1, -0.05) is 12.1 Å². The predicted octanol–water partition coefficient (Wildman–Crippen LogP) is 3.49. The van der Waals surface area contributed by atoms with Crippen molar-refractivity contribution in [3.63, 3.8) is 0 Å². The quantitative estimate of drug-likeness (QED) is 0.327. The molecule has 27 heavy (non-hydrogen) atoms. The maximum absolute atomic E-state index is 12.2. The minimum Gasteiger partial charge on any atom is -0.355 e. The molecule has 2 amide bonds. The Morgan fingerprint density at radius 3 is 2.78 bits per heavy atom. The highest BCUT2D eigenvalue weighted by atomic mass is 127. The number of urea groups is 1. The first-order valence-electron chi connectivity index (χ1n) is 9.45. The molecule has 0 saturated carbocycles. The SMILES string of the molecule is CN=C(NCc1cccc(NC(=O)N2CCCC2)c1)NCC1CCCS1.I. The molecule has 1 atom stereocenters. The van der Waals surface area contributed by atoms with Crippen LogP contribution in [0.5, 0.6) is 0 Å². The Hall–Kier alpha value is -1.16. The number of amides is 2. The van der Waals surface area contributed by atoms with Crippen LogP contribution in [0.2, 0.25) is 0 Å². The van der Waals surface area contributed by atoms with Gasteiger partial charge in [0.15, 0.2) is 5.96 Å². The number of aliphatic imine (C=N–C) groups is 1. The van der Waals surface area contributed by atoms with Crippen LogP contribution < -0.4 is 16.0 Å². The molecule has 2 fully saturated rings. The van der Waals surface area contributed by atoms with Gasteiger partial charge in [0.05, 0.1) is 0 Å². The van der Waals surface area contributed by atoms with Crippen molar-refractivity contribution in [1.82, 2.24) is 15.5 Å². The molecule has 0 aliphatic carbocycles. The molecular formula is C19H30IN5OS. The summed E-state index contributed by atoms with van der Waals surface area (Å²) >= 11 is 2.04. The lowest BCUT2D eigenvalue weighted by Crippen LogP contribution is -2.39. The summed E-state index contributed by atoms with van der Waals surface area (Å²) in [7, 11) is 1.80. The van der Waals surface area contributed by atoms with Crippen molar-refractivity contribution in [1.29, 1.82) is 0 Å². The third-order valence-electron chi connectivity index (χ3n) is 4.78. The highest BCUT2D eigenvalue weighted by Crippen LogP contribution is 2.25. The minimum absolute atomic E-state index is 0. The van der Waals surface area contributed by atoms with Crippen LogP contribution in [0.4, 0.5) is 10.5 Å². The van der Waals surface area contributed by atoms with Crippen LogP contribution in [-0.2, 0) is 6.54 Å². The molecule has 0 radical (unpaired) electrons. The van der Waals surface area contributed by atoms with E-state index in [1.165, 1.54) is 18.6 Å². The zero-order chi connectivity index (χ0) is 18.2. The molecule has 1 aromatic carbocycles. The molecule has 6 nitrogen and oxygen atoms in total. The number of anilines is 1. The Morgan fingerprint density at radius 2 is 2.07 bits per heavy atom. The number of nitrogens with one attached hydrogen (secondary N) is 3. The van der Waals surface area contributed by atoms with E-state index >= 15 is 0 Å². The number of hydrogen-bond acceptors (Lipinski definition) is 3. The smallest absolute Gasteiger partial charge is 0.321 e. The predicted molar refractivity (Wildman–Crippen MR) is 125 cm³/mol. The zero-order valence-corrected chi connectivity index (χ0v) is 19.0. The molecule has 2 heterocycles. The Labute approximate surface area is 183 Å². The van der Waals surface area contributed by atoms with Crippen LogP contribution in [-0.4, -0.2) is 54.6 Å². The molecular weight excluding hydrogens is 473 g/mol. The molecule has 1 unspecified atom stereocenters. The monoisotopic (exact) mass is 503 g/mol. The summed E-state index contributed by atoms with van der Waals surface area (Å²) in [5.74, 6) is 2.10. The van der Waals surface area contributed by atoms with Crippen LogP contribution >= 0.6 is 35.7 Å². The fourth-order valence-electron chi connectivity index (χ4n) is 3.30. The van der Waals surface area contributed by atoms with Gasteiger partial charge in [-0.15, -0.1) is 24.0 Å². The van der Waals surface area contributed by atoms with Crippen molar-refractivity contribution in [3.8, 4) is 0 Å². The molecule has 2 aliphatic rings. The van der Waals surface area contributed by atoms with E-state index < -0.39 is 0 Å². The van der Waals surface area contributed by atoms with E-state index in [1.807, 2.05) is 34.9 Å². The lowest BCUT2D eigenvalue weighted by atomic mass is 10.2. The Bertz CT molecular complexity index is 630. The molecule has 0 aromatic heterocycles. The lowest BCUT2D eigenvalue weighted by molar-refractivity contribution is 0.222. The lowest BCUT2D eigenvalue weighted by Gasteiger charge is -2.17. The number of likely N-dealkylation sites (tertiary alicyclic amines) is 1. The van der Waals surface area contributed by atoms with E-state index in [0.717, 1.165) is 49.7 Å². The van der Waals surface area contributed by atoms with Crippen molar-refractivity contribution < 1.29 is 4.79 Å². The molecule has 2 saturated heterocycles. The molecule has 0 spiro atoms. The highest BCUT2D eigenvalue weighted by molar-refractivity contribution is 14.0. The second-order valence-electron chi connectivity index (χ2n) is 6.77. The van der Waals surface area contributed by atoms with Gasteiger partial charge >= 0.3 is 6.03 Å². The number of nitrogens with zero attached hydrogens (tertiary/aromatic N) is 2. The first-order chi connectivity index (χ1) is 12.7. The van der Waals surface area contributed by atoms with E-state index in [-0.39, 0.29) is 30.0 Å². The van der Waals surface area contributed by atoms with Gasteiger partial charge in [0.2, 0.25) is 0 Å². The number of thioether (sulfide) groups is 1. The molecule has 2 aliphatic heterocycles. The molecule has 8 heteroatoms. The maximum atomic E-state index is 12.2. The second kappa shape index (κ2) is 11.6. The average Bonchev–Trinajstić information content (AvgIpc) is 3.36. The number of benzene rings is 1. The standard InChI is InChI=1S/C19H29N5OS.HI/c1-20-18(22-14-17-8-5-11-26-17)21-13-15-6-4-7-16(12-15)23-19(25)24-9-2-3-10-24;/h4,6-7,12,17H,2-3,5,8-11,13-14H2,1H3,(H,23,25)(H2,20,21,22);1H. The first-order valence-corrected chi connectivity index (χ1v) is 10.5. The Balaban J connectivity index is 0.00000261. The van der Waals surface area contributed by atoms with Crippen molar-refractivity contribution in [2.45, 2.75) is 37.5 Å². The second-order valence-corrected chi connectivity index (χ2v) is 8.17. The van der Waals surface area contributed by atoms with Crippen molar-refractivity contribution in [3.05, 3.63) is 29.8 Å². The van der Waals surface area contributed by atoms with Gasteiger partial charge < -0.3 is 20.9 Å². The molecule has 1 aromatic rings. The fourth-order valence-corrected chi connectivity index (χ4v) is 4.51. The van der Waals surface area contributed by atoms with Crippen LogP contribution in [0.1, 0.15) is 31.2 Å². The summed E-state index contributed by atoms with van der Waals surface area (Å²) in [6, 6.07) is 7.97. The van der Waals surface area contributed by atoms with Crippen molar-refractivity contribution in [2.24, 2.45) is 4.99 Å². The van der Waals surface area contributed by atoms with Crippen LogP contribution in [0.15, 0.2) is 29.3 Å². The fraction of sp³-hybridized carbons (Fsp3) is 0.579. The van der Waals surface area contributed by atoms with Gasteiger partial charge in [0.1, 0.15) is 0 Å². The summed E-state index contributed by atoms with van der Waals surface area (Å²) < 4.78 is 0. The number of guanidine groups is 1. The molecule has 3 rings (SSSR count). The van der Waals surface area contributed by atoms with E-state index in [9.17, 15) is 4.79 Å². The minimum atomic E-state index is -0.000788. The van der Waals surface area contributed by atoms with Gasteiger partial charge in [-0.3, -0.25) is 4.99 Å². The number of hydrogen-bond donors (Lipinski definition) is 3. The molecule has 0 bridgehead atoms. The van der Waals surface area contributed by atoms with E-state index in [4.69, 9.17) is 0 Å². The average molecular weight is 503 g/mol. The molecule has 3 N–H and O–H groups in total. The van der Waals surface area contributed by atoms with Gasteiger partial charge in [0, 0.05) is 44.2 Å². The van der Waals surface area contributed by atoms with E-state index in [0.29, 0.717) is 11.8 Å². The first kappa shape index (κ1) is 22.1. The zero-order valence-electron chi connectivity index (χ0n) is 15.9. The largest absolute Gasteiger partial charge is 0.355 e. The summed E-state index contributed by atoms with van der Waals surface area (Å²) in [4.78, 5) is 18.4. The number of carbonyl (C=O) groups excluding carboxylic acids is 1. The van der Waals surface area contributed by atoms with Gasteiger partial charge in [-0.2, -0.15) is 11.8 Å². The third kappa shape index (κ3) is 7.06. The van der Waals surface area contributed by atoms with Gasteiger partial charge in [-0.05, 0) is 49.1 Å². The van der Waals surface area contributed by atoms with Gasteiger partial charge in [-0.25, -0.2) is 4.79 Å². The van der Waals surface area contributed by atoms with Crippen molar-refractivity contribution in [2.75, 3.05) is 37.8 Å². The van der Waals surface area contributed by atoms with E-state index in [1.54, 1.807) is 7.05 Å². The number of rotatable bonds is 5. The van der Waals surface area contributed by atoms with Crippen molar-refractivity contribution >= 4 is 53.4 Å². The van der Waals surface area contributed by atoms with Gasteiger partial charge in [0.25, 0.3) is 0 Å². The Morgan fingerprint density at radius 1 is 1.26 bits per heavy atom. The normalized spacial score (nSPS) is 19.5. The van der Waals surface area contributed by atoms with Crippen LogP contribution in [0, 0.1) is 0 Å². The summed E-state index contributed by atoms with van der Waals surface area (Å²) in [5.41, 5.74) is 1.95. The number of halogens is 1. The van der Waals surface area contributed by atoms with Crippen LogP contribution in [0.3, 0.4) is 0 Å². The highest BCUT2D eigenvalue weighted by Gasteiger charge is 2.18.